The van der Waals surface area contributed by atoms with Crippen molar-refractivity contribution >= 4 is 17.5 Å². The molecule has 24 heavy (non-hydrogen) atoms. The second kappa shape index (κ2) is 8.15. The lowest BCUT2D eigenvalue weighted by Crippen LogP contribution is -2.24. The van der Waals surface area contributed by atoms with Crippen molar-refractivity contribution < 1.29 is 14.3 Å². The minimum absolute atomic E-state index is 0.0649. The van der Waals surface area contributed by atoms with Crippen LogP contribution in [0, 0.1) is 0 Å². The van der Waals surface area contributed by atoms with Crippen LogP contribution < -0.4 is 15.4 Å². The molecule has 0 aliphatic rings. The van der Waals surface area contributed by atoms with Gasteiger partial charge in [-0.1, -0.05) is 32.0 Å². The average Bonchev–Trinajstić information content (AvgIpc) is 2.60. The summed E-state index contributed by atoms with van der Waals surface area (Å²) < 4.78 is 5.37. The Labute approximate surface area is 142 Å². The van der Waals surface area contributed by atoms with E-state index in [0.29, 0.717) is 22.9 Å². The molecule has 2 rings (SSSR count). The van der Waals surface area contributed by atoms with Gasteiger partial charge in [0, 0.05) is 24.4 Å². The van der Waals surface area contributed by atoms with Gasteiger partial charge in [-0.15, -0.1) is 0 Å². The number of anilines is 1. The van der Waals surface area contributed by atoms with E-state index >= 15 is 0 Å². The van der Waals surface area contributed by atoms with Gasteiger partial charge in [0.15, 0.2) is 6.61 Å². The van der Waals surface area contributed by atoms with Crippen molar-refractivity contribution in [3.05, 3.63) is 59.7 Å². The first-order valence-corrected chi connectivity index (χ1v) is 7.84. The molecule has 0 radical (unpaired) electrons. The van der Waals surface area contributed by atoms with Crippen molar-refractivity contribution in [3.8, 4) is 5.75 Å². The molecule has 0 aliphatic heterocycles. The predicted molar refractivity (Wildman–Crippen MR) is 94.5 cm³/mol. The number of benzene rings is 2. The van der Waals surface area contributed by atoms with Gasteiger partial charge in [0.25, 0.3) is 11.8 Å². The lowest BCUT2D eigenvalue weighted by Gasteiger charge is -2.10. The lowest BCUT2D eigenvalue weighted by molar-refractivity contribution is -0.122. The number of likely N-dealkylation sites (N-methyl/N-ethyl adjacent to an activating group) is 1. The molecule has 0 fully saturated rings. The number of carbonyl (C=O) groups excluding carboxylic acids is 2. The van der Waals surface area contributed by atoms with Crippen LogP contribution in [0.3, 0.4) is 0 Å². The van der Waals surface area contributed by atoms with E-state index < -0.39 is 0 Å². The van der Waals surface area contributed by atoms with E-state index in [1.807, 2.05) is 24.3 Å². The largest absolute Gasteiger partial charge is 0.484 e. The summed E-state index contributed by atoms with van der Waals surface area (Å²) in [6.45, 7) is 4.16. The highest BCUT2D eigenvalue weighted by atomic mass is 16.5. The molecule has 2 amide bonds. The van der Waals surface area contributed by atoms with E-state index in [1.165, 1.54) is 5.56 Å². The Hall–Kier alpha value is -2.82. The van der Waals surface area contributed by atoms with Crippen molar-refractivity contribution in [3.63, 3.8) is 0 Å². The monoisotopic (exact) mass is 326 g/mol. The van der Waals surface area contributed by atoms with Gasteiger partial charge in [0.05, 0.1) is 0 Å². The Kier molecular flexibility index (Phi) is 5.95. The zero-order valence-electron chi connectivity index (χ0n) is 14.1. The van der Waals surface area contributed by atoms with Crippen LogP contribution in [0.2, 0.25) is 0 Å². The fourth-order valence-corrected chi connectivity index (χ4v) is 2.11. The molecule has 0 aliphatic carbocycles. The number of hydrogen-bond acceptors (Lipinski definition) is 3. The summed E-state index contributed by atoms with van der Waals surface area (Å²) in [6, 6.07) is 14.5. The van der Waals surface area contributed by atoms with E-state index in [0.717, 1.165) is 0 Å². The van der Waals surface area contributed by atoms with Crippen LogP contribution in [0.25, 0.3) is 0 Å². The smallest absolute Gasteiger partial charge is 0.257 e. The normalized spacial score (nSPS) is 10.3. The van der Waals surface area contributed by atoms with Crippen LogP contribution in [-0.4, -0.2) is 25.5 Å². The number of rotatable bonds is 6. The second-order valence-electron chi connectivity index (χ2n) is 5.72. The minimum atomic E-state index is -0.213. The van der Waals surface area contributed by atoms with Crippen LogP contribution in [0.1, 0.15) is 35.7 Å². The Morgan fingerprint density at radius 2 is 1.79 bits per heavy atom. The highest BCUT2D eigenvalue weighted by Gasteiger charge is 2.08. The van der Waals surface area contributed by atoms with E-state index in [9.17, 15) is 9.59 Å². The molecule has 5 nitrogen and oxygen atoms in total. The fourth-order valence-electron chi connectivity index (χ4n) is 2.11. The van der Waals surface area contributed by atoms with E-state index in [2.05, 4.69) is 24.5 Å². The minimum Gasteiger partial charge on any atom is -0.484 e. The zero-order valence-corrected chi connectivity index (χ0v) is 14.1. The Morgan fingerprint density at radius 1 is 1.08 bits per heavy atom. The van der Waals surface area contributed by atoms with Crippen LogP contribution in [-0.2, 0) is 4.79 Å². The first-order chi connectivity index (χ1) is 11.5. The number of amides is 2. The molecular weight excluding hydrogens is 304 g/mol. The molecule has 0 unspecified atom stereocenters. The predicted octanol–water partition coefficient (Wildman–Crippen LogP) is 3.19. The van der Waals surface area contributed by atoms with Crippen molar-refractivity contribution in [2.75, 3.05) is 19.0 Å². The van der Waals surface area contributed by atoms with Crippen LogP contribution >= 0.6 is 0 Å². The van der Waals surface area contributed by atoms with Crippen molar-refractivity contribution in [1.82, 2.24) is 5.32 Å². The average molecular weight is 326 g/mol. The molecule has 2 aromatic rings. The Morgan fingerprint density at radius 3 is 2.42 bits per heavy atom. The van der Waals surface area contributed by atoms with Gasteiger partial charge in [0.1, 0.15) is 5.75 Å². The van der Waals surface area contributed by atoms with Gasteiger partial charge < -0.3 is 15.4 Å². The molecule has 0 bridgehead atoms. The molecule has 0 saturated carbocycles. The van der Waals surface area contributed by atoms with Gasteiger partial charge in [-0.2, -0.15) is 0 Å². The molecule has 126 valence electrons. The maximum Gasteiger partial charge on any atom is 0.257 e. The van der Waals surface area contributed by atoms with E-state index in [1.54, 1.807) is 31.3 Å². The molecule has 5 heteroatoms. The topological polar surface area (TPSA) is 67.4 Å². The summed E-state index contributed by atoms with van der Waals surface area (Å²) in [5.41, 5.74) is 2.40. The van der Waals surface area contributed by atoms with Gasteiger partial charge in [0.2, 0.25) is 0 Å². The fraction of sp³-hybridized carbons (Fsp3) is 0.263. The molecule has 0 heterocycles. The molecule has 2 aromatic carbocycles. The molecule has 0 atom stereocenters. The highest BCUT2D eigenvalue weighted by Crippen LogP contribution is 2.19. The quantitative estimate of drug-likeness (QED) is 0.857. The summed E-state index contributed by atoms with van der Waals surface area (Å²) in [5, 5.41) is 5.31. The van der Waals surface area contributed by atoms with Crippen molar-refractivity contribution in [2.24, 2.45) is 0 Å². The first kappa shape index (κ1) is 17.5. The maximum atomic E-state index is 12.3. The van der Waals surface area contributed by atoms with Crippen molar-refractivity contribution in [2.45, 2.75) is 19.8 Å². The zero-order chi connectivity index (χ0) is 17.5. The lowest BCUT2D eigenvalue weighted by atomic mass is 10.0. The molecule has 2 N–H and O–H groups in total. The van der Waals surface area contributed by atoms with Crippen LogP contribution in [0.5, 0.6) is 5.75 Å². The number of nitrogens with one attached hydrogen (secondary N) is 2. The standard InChI is InChI=1S/C19H22N2O3/c1-13(2)14-7-9-15(10-8-14)19(23)21-16-5-4-6-17(11-16)24-12-18(22)20-3/h4-11,13H,12H2,1-3H3,(H,20,22)(H,21,23). The highest BCUT2D eigenvalue weighted by molar-refractivity contribution is 6.04. The summed E-state index contributed by atoms with van der Waals surface area (Å²) in [6.07, 6.45) is 0. The number of carbonyl (C=O) groups is 2. The third-order valence-electron chi connectivity index (χ3n) is 3.58. The molecular formula is C19H22N2O3. The van der Waals surface area contributed by atoms with Gasteiger partial charge in [-0.25, -0.2) is 0 Å². The Bertz CT molecular complexity index is 709. The number of hydrogen-bond donors (Lipinski definition) is 2. The van der Waals surface area contributed by atoms with Crippen molar-refractivity contribution in [1.29, 1.82) is 0 Å². The number of ether oxygens (including phenoxy) is 1. The Balaban J connectivity index is 2.02. The third-order valence-corrected chi connectivity index (χ3v) is 3.58. The van der Waals surface area contributed by atoms with Gasteiger partial charge >= 0.3 is 0 Å². The summed E-state index contributed by atoms with van der Waals surface area (Å²) >= 11 is 0. The van der Waals surface area contributed by atoms with Gasteiger partial charge in [-0.05, 0) is 35.7 Å². The molecule has 0 aromatic heterocycles. The van der Waals surface area contributed by atoms with E-state index in [-0.39, 0.29) is 18.4 Å². The maximum absolute atomic E-state index is 12.3. The SMILES string of the molecule is CNC(=O)COc1cccc(NC(=O)c2ccc(C(C)C)cc2)c1. The van der Waals surface area contributed by atoms with Crippen LogP contribution in [0.4, 0.5) is 5.69 Å². The summed E-state index contributed by atoms with van der Waals surface area (Å²) in [5.74, 6) is 0.547. The summed E-state index contributed by atoms with van der Waals surface area (Å²) in [7, 11) is 1.55. The third kappa shape index (κ3) is 4.84. The van der Waals surface area contributed by atoms with Gasteiger partial charge in [-0.3, -0.25) is 9.59 Å². The van der Waals surface area contributed by atoms with Crippen LogP contribution in [0.15, 0.2) is 48.5 Å². The molecule has 0 spiro atoms. The summed E-state index contributed by atoms with van der Waals surface area (Å²) in [4.78, 5) is 23.5. The van der Waals surface area contributed by atoms with E-state index in [4.69, 9.17) is 4.74 Å². The first-order valence-electron chi connectivity index (χ1n) is 7.84. The second-order valence-corrected chi connectivity index (χ2v) is 5.72. The molecule has 0 saturated heterocycles.